The Morgan fingerprint density at radius 3 is 2.38 bits per heavy atom. The fourth-order valence-electron chi connectivity index (χ4n) is 3.56. The average Bonchev–Trinajstić information content (AvgIpc) is 3.00. The minimum atomic E-state index is 1.29. The number of benzene rings is 4. The fraction of sp³-hybridized carbons (Fsp3) is 0.0435. The molecule has 0 bridgehead atoms. The largest absolute Gasteiger partial charge is 0.134 e. The number of aryl methyl sites for hydroxylation is 1. The van der Waals surface area contributed by atoms with E-state index in [1.807, 2.05) is 11.3 Å². The molecule has 1 heterocycles. The first kappa shape index (κ1) is 13.8. The number of hydrogen-bond donors (Lipinski definition) is 0. The highest BCUT2D eigenvalue weighted by Crippen LogP contribution is 2.44. The Hall–Kier alpha value is -2.64. The van der Waals surface area contributed by atoms with Crippen LogP contribution in [0.4, 0.5) is 0 Å². The third kappa shape index (κ3) is 1.98. The molecule has 0 atom stereocenters. The van der Waals surface area contributed by atoms with E-state index in [4.69, 9.17) is 0 Å². The third-order valence-electron chi connectivity index (χ3n) is 4.70. The van der Waals surface area contributed by atoms with E-state index in [9.17, 15) is 0 Å². The Kier molecular flexibility index (Phi) is 2.97. The first-order valence-electron chi connectivity index (χ1n) is 8.21. The van der Waals surface area contributed by atoms with Gasteiger partial charge in [0.1, 0.15) is 0 Å². The van der Waals surface area contributed by atoms with Gasteiger partial charge in [-0.15, -0.1) is 11.3 Å². The molecule has 0 saturated heterocycles. The molecule has 0 radical (unpaired) electrons. The molecule has 0 spiro atoms. The van der Waals surface area contributed by atoms with Crippen molar-refractivity contribution in [2.75, 3.05) is 0 Å². The first-order chi connectivity index (χ1) is 11.8. The van der Waals surface area contributed by atoms with E-state index in [2.05, 4.69) is 85.8 Å². The van der Waals surface area contributed by atoms with Gasteiger partial charge in [0.05, 0.1) is 0 Å². The smallest absolute Gasteiger partial charge is 0.0440 e. The summed E-state index contributed by atoms with van der Waals surface area (Å²) in [6, 6.07) is 28.6. The second kappa shape index (κ2) is 5.19. The van der Waals surface area contributed by atoms with Crippen molar-refractivity contribution in [2.24, 2.45) is 0 Å². The van der Waals surface area contributed by atoms with Crippen LogP contribution >= 0.6 is 11.3 Å². The van der Waals surface area contributed by atoms with Crippen LogP contribution in [0.5, 0.6) is 0 Å². The van der Waals surface area contributed by atoms with Gasteiger partial charge in [-0.25, -0.2) is 0 Å². The summed E-state index contributed by atoms with van der Waals surface area (Å²) >= 11 is 1.91. The molecule has 0 aliphatic rings. The lowest BCUT2D eigenvalue weighted by atomic mass is 9.96. The predicted octanol–water partition coefficient (Wildman–Crippen LogP) is 7.18. The highest BCUT2D eigenvalue weighted by molar-refractivity contribution is 7.26. The molecule has 24 heavy (non-hydrogen) atoms. The van der Waals surface area contributed by atoms with Gasteiger partial charge < -0.3 is 0 Å². The normalized spacial score (nSPS) is 11.5. The zero-order chi connectivity index (χ0) is 16.1. The van der Waals surface area contributed by atoms with E-state index in [0.29, 0.717) is 0 Å². The Balaban J connectivity index is 2.04. The summed E-state index contributed by atoms with van der Waals surface area (Å²) in [7, 11) is 0. The highest BCUT2D eigenvalue weighted by atomic mass is 32.1. The number of hydrogen-bond acceptors (Lipinski definition) is 1. The minimum absolute atomic E-state index is 1.29. The summed E-state index contributed by atoms with van der Waals surface area (Å²) in [6.07, 6.45) is 0. The Bertz CT molecular complexity index is 1200. The average molecular weight is 324 g/mol. The molecule has 0 unspecified atom stereocenters. The van der Waals surface area contributed by atoms with E-state index in [1.165, 1.54) is 47.6 Å². The topological polar surface area (TPSA) is 0 Å². The van der Waals surface area contributed by atoms with Crippen LogP contribution < -0.4 is 0 Å². The molecule has 4 aromatic carbocycles. The molecular formula is C23H16S. The second-order valence-electron chi connectivity index (χ2n) is 6.32. The Labute approximate surface area is 145 Å². The van der Waals surface area contributed by atoms with Crippen molar-refractivity contribution in [1.29, 1.82) is 0 Å². The lowest BCUT2D eigenvalue weighted by Gasteiger charge is -2.08. The van der Waals surface area contributed by atoms with Crippen molar-refractivity contribution < 1.29 is 0 Å². The molecule has 0 fully saturated rings. The van der Waals surface area contributed by atoms with Crippen molar-refractivity contribution in [3.63, 3.8) is 0 Å². The Morgan fingerprint density at radius 1 is 0.708 bits per heavy atom. The van der Waals surface area contributed by atoms with E-state index >= 15 is 0 Å². The van der Waals surface area contributed by atoms with Gasteiger partial charge in [-0.2, -0.15) is 0 Å². The van der Waals surface area contributed by atoms with Crippen LogP contribution in [0.15, 0.2) is 78.9 Å². The van der Waals surface area contributed by atoms with Gasteiger partial charge in [-0.05, 0) is 41.0 Å². The van der Waals surface area contributed by atoms with Crippen LogP contribution in [-0.4, -0.2) is 0 Å². The second-order valence-corrected chi connectivity index (χ2v) is 7.37. The van der Waals surface area contributed by atoms with Crippen LogP contribution in [-0.2, 0) is 0 Å². The lowest BCUT2D eigenvalue weighted by Crippen LogP contribution is -1.81. The summed E-state index contributed by atoms with van der Waals surface area (Å²) in [4.78, 5) is 0. The predicted molar refractivity (Wildman–Crippen MR) is 107 cm³/mol. The van der Waals surface area contributed by atoms with Crippen LogP contribution in [0, 0.1) is 6.92 Å². The highest BCUT2D eigenvalue weighted by Gasteiger charge is 2.14. The molecule has 1 heteroatoms. The number of fused-ring (bicyclic) bond motifs is 5. The van der Waals surface area contributed by atoms with Gasteiger partial charge in [0.2, 0.25) is 0 Å². The molecule has 0 N–H and O–H groups in total. The lowest BCUT2D eigenvalue weighted by molar-refractivity contribution is 1.52. The van der Waals surface area contributed by atoms with Crippen molar-refractivity contribution in [3.05, 3.63) is 84.4 Å². The standard InChI is InChI=1S/C23H16S/c1-15-11-12-19-21(13-15)24-23-20(16-7-3-2-4-8-16)14-17-9-5-6-10-18(17)22(19)23/h2-14H,1H3. The SMILES string of the molecule is Cc1ccc2c(c1)sc1c(-c3ccccc3)cc3ccccc3c12. The van der Waals surface area contributed by atoms with Crippen molar-refractivity contribution in [2.45, 2.75) is 6.92 Å². The quantitative estimate of drug-likeness (QED) is 0.306. The van der Waals surface area contributed by atoms with Gasteiger partial charge in [0, 0.05) is 25.7 Å². The minimum Gasteiger partial charge on any atom is -0.134 e. The van der Waals surface area contributed by atoms with Crippen molar-refractivity contribution in [1.82, 2.24) is 0 Å². The summed E-state index contributed by atoms with van der Waals surface area (Å²) in [5.41, 5.74) is 3.94. The molecule has 0 saturated carbocycles. The molecule has 0 amide bonds. The van der Waals surface area contributed by atoms with Gasteiger partial charge in [0.15, 0.2) is 0 Å². The first-order valence-corrected chi connectivity index (χ1v) is 9.03. The van der Waals surface area contributed by atoms with Gasteiger partial charge in [0.25, 0.3) is 0 Å². The fourth-order valence-corrected chi connectivity index (χ4v) is 4.92. The van der Waals surface area contributed by atoms with Gasteiger partial charge in [-0.3, -0.25) is 0 Å². The van der Waals surface area contributed by atoms with Crippen molar-refractivity contribution >= 4 is 42.3 Å². The molecule has 114 valence electrons. The van der Waals surface area contributed by atoms with Crippen LogP contribution in [0.2, 0.25) is 0 Å². The molecule has 1 aromatic heterocycles. The molecule has 0 aliphatic carbocycles. The third-order valence-corrected chi connectivity index (χ3v) is 5.89. The van der Waals surface area contributed by atoms with Gasteiger partial charge in [-0.1, -0.05) is 66.7 Å². The maximum absolute atomic E-state index is 2.34. The Morgan fingerprint density at radius 2 is 1.50 bits per heavy atom. The molecule has 0 aliphatic heterocycles. The molecule has 0 nitrogen and oxygen atoms in total. The van der Waals surface area contributed by atoms with Crippen LogP contribution in [0.3, 0.4) is 0 Å². The maximum atomic E-state index is 2.34. The summed E-state index contributed by atoms with van der Waals surface area (Å²) < 4.78 is 2.76. The summed E-state index contributed by atoms with van der Waals surface area (Å²) in [6.45, 7) is 2.17. The van der Waals surface area contributed by atoms with Gasteiger partial charge >= 0.3 is 0 Å². The van der Waals surface area contributed by atoms with Crippen LogP contribution in [0.25, 0.3) is 42.1 Å². The molecular weight excluding hydrogens is 308 g/mol. The van der Waals surface area contributed by atoms with E-state index in [-0.39, 0.29) is 0 Å². The van der Waals surface area contributed by atoms with Crippen LogP contribution in [0.1, 0.15) is 5.56 Å². The van der Waals surface area contributed by atoms with E-state index in [1.54, 1.807) is 0 Å². The summed E-state index contributed by atoms with van der Waals surface area (Å²) in [5, 5.41) is 5.42. The monoisotopic (exact) mass is 324 g/mol. The summed E-state index contributed by atoms with van der Waals surface area (Å²) in [5.74, 6) is 0. The van der Waals surface area contributed by atoms with E-state index in [0.717, 1.165) is 0 Å². The van der Waals surface area contributed by atoms with Crippen molar-refractivity contribution in [3.8, 4) is 11.1 Å². The number of rotatable bonds is 1. The zero-order valence-electron chi connectivity index (χ0n) is 13.4. The zero-order valence-corrected chi connectivity index (χ0v) is 14.2. The molecule has 5 rings (SSSR count). The number of thiophene rings is 1. The maximum Gasteiger partial charge on any atom is 0.0440 e. The van der Waals surface area contributed by atoms with E-state index < -0.39 is 0 Å². The molecule has 5 aromatic rings.